The van der Waals surface area contributed by atoms with Gasteiger partial charge < -0.3 is 11.1 Å². The Bertz CT molecular complexity index is 914. The number of aryl methyl sites for hydroxylation is 1. The van der Waals surface area contributed by atoms with Crippen LogP contribution in [0.4, 0.5) is 5.69 Å². The van der Waals surface area contributed by atoms with E-state index in [4.69, 9.17) is 5.73 Å². The van der Waals surface area contributed by atoms with Crippen molar-refractivity contribution in [3.63, 3.8) is 0 Å². The fourth-order valence-electron chi connectivity index (χ4n) is 3.23. The van der Waals surface area contributed by atoms with Crippen molar-refractivity contribution < 1.29 is 13.2 Å². The molecule has 1 aliphatic rings. The summed E-state index contributed by atoms with van der Waals surface area (Å²) in [6, 6.07) is 13.2. The molecule has 3 rings (SSSR count). The predicted molar refractivity (Wildman–Crippen MR) is 113 cm³/mol. The van der Waals surface area contributed by atoms with Crippen molar-refractivity contribution in [2.75, 3.05) is 18.4 Å². The summed E-state index contributed by atoms with van der Waals surface area (Å²) in [5, 5.41) is 2.74. The minimum absolute atomic E-state index is 0. The molecule has 3 N–H and O–H groups in total. The zero-order valence-electron chi connectivity index (χ0n) is 15.8. The second-order valence-electron chi connectivity index (χ2n) is 6.82. The lowest BCUT2D eigenvalue weighted by Gasteiger charge is -2.26. The van der Waals surface area contributed by atoms with Gasteiger partial charge in [0, 0.05) is 18.8 Å². The lowest BCUT2D eigenvalue weighted by atomic mass is 10.1. The van der Waals surface area contributed by atoms with E-state index in [0.29, 0.717) is 29.9 Å². The molecule has 0 radical (unpaired) electrons. The highest BCUT2D eigenvalue weighted by Crippen LogP contribution is 2.26. The molecular weight excluding hydrogens is 398 g/mol. The van der Waals surface area contributed by atoms with Gasteiger partial charge >= 0.3 is 0 Å². The summed E-state index contributed by atoms with van der Waals surface area (Å²) in [5.74, 6) is -0.383. The summed E-state index contributed by atoms with van der Waals surface area (Å²) in [7, 11) is -3.57. The Morgan fingerprint density at radius 1 is 1.07 bits per heavy atom. The largest absolute Gasteiger partial charge is 0.324 e. The Morgan fingerprint density at radius 2 is 1.71 bits per heavy atom. The van der Waals surface area contributed by atoms with Gasteiger partial charge in [0.2, 0.25) is 15.9 Å². The summed E-state index contributed by atoms with van der Waals surface area (Å²) in [5.41, 5.74) is 7.80. The first-order valence-electron chi connectivity index (χ1n) is 9.12. The quantitative estimate of drug-likeness (QED) is 0.772. The second kappa shape index (κ2) is 9.52. The fourth-order valence-corrected chi connectivity index (χ4v) is 5.00. The van der Waals surface area contributed by atoms with E-state index in [1.807, 2.05) is 18.2 Å². The van der Waals surface area contributed by atoms with E-state index in [1.165, 1.54) is 10.4 Å². The van der Waals surface area contributed by atoms with Crippen LogP contribution in [0.25, 0.3) is 0 Å². The molecule has 1 unspecified atom stereocenters. The van der Waals surface area contributed by atoms with Crippen LogP contribution < -0.4 is 11.1 Å². The van der Waals surface area contributed by atoms with Gasteiger partial charge in [0.15, 0.2) is 0 Å². The average Bonchev–Trinajstić information content (AvgIpc) is 2.70. The molecule has 1 heterocycles. The molecule has 2 aromatic rings. The Morgan fingerprint density at radius 3 is 2.36 bits per heavy atom. The summed E-state index contributed by atoms with van der Waals surface area (Å²) >= 11 is 0. The molecule has 1 atom stereocenters. The number of piperidine rings is 1. The van der Waals surface area contributed by atoms with Gasteiger partial charge in [-0.3, -0.25) is 4.79 Å². The molecule has 1 saturated heterocycles. The Hall–Kier alpha value is -1.93. The Kier molecular flexibility index (Phi) is 7.60. The number of carbonyl (C=O) groups is 1. The molecule has 1 aliphatic heterocycles. The van der Waals surface area contributed by atoms with Crippen molar-refractivity contribution in [3.8, 4) is 0 Å². The van der Waals surface area contributed by atoms with Crippen LogP contribution in [0, 0.1) is 6.92 Å². The summed E-state index contributed by atoms with van der Waals surface area (Å²) in [6.45, 7) is 2.84. The standard InChI is InChI=1S/C20H25N3O3S.ClH/c1-15-10-11-17(22-20(24)19(21)16-8-4-2-5-9-16)14-18(15)27(25,26)23-12-6-3-7-13-23;/h2,4-5,8-11,14,19H,3,6-7,12-13,21H2,1H3,(H,22,24);1H. The molecule has 8 heteroatoms. The average molecular weight is 424 g/mol. The van der Waals surface area contributed by atoms with Crippen LogP contribution in [-0.2, 0) is 14.8 Å². The maximum Gasteiger partial charge on any atom is 0.245 e. The van der Waals surface area contributed by atoms with Gasteiger partial charge in [-0.25, -0.2) is 8.42 Å². The van der Waals surface area contributed by atoms with Crippen LogP contribution >= 0.6 is 12.4 Å². The third kappa shape index (κ3) is 4.91. The molecular formula is C20H26ClN3O3S. The molecule has 0 saturated carbocycles. The monoisotopic (exact) mass is 423 g/mol. The molecule has 1 fully saturated rings. The van der Waals surface area contributed by atoms with Gasteiger partial charge in [0.25, 0.3) is 0 Å². The third-order valence-corrected chi connectivity index (χ3v) is 6.87. The summed E-state index contributed by atoms with van der Waals surface area (Å²) in [6.07, 6.45) is 2.81. The lowest BCUT2D eigenvalue weighted by molar-refractivity contribution is -0.117. The van der Waals surface area contributed by atoms with E-state index in [2.05, 4.69) is 5.32 Å². The number of benzene rings is 2. The van der Waals surface area contributed by atoms with E-state index in [9.17, 15) is 13.2 Å². The van der Waals surface area contributed by atoms with E-state index < -0.39 is 16.1 Å². The van der Waals surface area contributed by atoms with Crippen LogP contribution in [0.15, 0.2) is 53.4 Å². The molecule has 6 nitrogen and oxygen atoms in total. The molecule has 2 aromatic carbocycles. The number of nitrogens with zero attached hydrogens (tertiary/aromatic N) is 1. The zero-order chi connectivity index (χ0) is 19.4. The van der Waals surface area contributed by atoms with Crippen molar-refractivity contribution in [1.29, 1.82) is 0 Å². The zero-order valence-corrected chi connectivity index (χ0v) is 17.4. The van der Waals surface area contributed by atoms with Crippen molar-refractivity contribution in [1.82, 2.24) is 4.31 Å². The fraction of sp³-hybridized carbons (Fsp3) is 0.350. The minimum Gasteiger partial charge on any atom is -0.324 e. The Balaban J connectivity index is 0.00000280. The normalized spacial score (nSPS) is 16.1. The maximum atomic E-state index is 13.0. The number of sulfonamides is 1. The highest BCUT2D eigenvalue weighted by Gasteiger charge is 2.28. The number of nitrogens with one attached hydrogen (secondary N) is 1. The first-order valence-corrected chi connectivity index (χ1v) is 10.6. The first kappa shape index (κ1) is 22.4. The lowest BCUT2D eigenvalue weighted by Crippen LogP contribution is -2.36. The number of rotatable bonds is 5. The van der Waals surface area contributed by atoms with Crippen LogP contribution in [0.5, 0.6) is 0 Å². The topological polar surface area (TPSA) is 92.5 Å². The van der Waals surface area contributed by atoms with Crippen molar-refractivity contribution in [2.24, 2.45) is 5.73 Å². The molecule has 0 bridgehead atoms. The summed E-state index contributed by atoms with van der Waals surface area (Å²) in [4.78, 5) is 12.7. The molecule has 28 heavy (non-hydrogen) atoms. The van der Waals surface area contributed by atoms with Gasteiger partial charge in [0.05, 0.1) is 4.90 Å². The van der Waals surface area contributed by atoms with Crippen molar-refractivity contribution in [3.05, 3.63) is 59.7 Å². The van der Waals surface area contributed by atoms with Crippen molar-refractivity contribution in [2.45, 2.75) is 37.1 Å². The SMILES string of the molecule is Cc1ccc(NC(=O)C(N)c2ccccc2)cc1S(=O)(=O)N1CCCCC1.Cl. The number of halogens is 1. The highest BCUT2D eigenvalue weighted by atomic mass is 35.5. The van der Waals surface area contributed by atoms with Crippen LogP contribution in [0.1, 0.15) is 36.4 Å². The van der Waals surface area contributed by atoms with Crippen LogP contribution in [0.2, 0.25) is 0 Å². The van der Waals surface area contributed by atoms with Gasteiger partial charge in [-0.2, -0.15) is 4.31 Å². The predicted octanol–water partition coefficient (Wildman–Crippen LogP) is 3.23. The summed E-state index contributed by atoms with van der Waals surface area (Å²) < 4.78 is 27.5. The third-order valence-electron chi connectivity index (χ3n) is 4.83. The number of nitrogens with two attached hydrogens (primary N) is 1. The van der Waals surface area contributed by atoms with Crippen LogP contribution in [-0.4, -0.2) is 31.7 Å². The van der Waals surface area contributed by atoms with Crippen LogP contribution in [0.3, 0.4) is 0 Å². The van der Waals surface area contributed by atoms with Crippen molar-refractivity contribution >= 4 is 34.0 Å². The number of anilines is 1. The number of hydrogen-bond donors (Lipinski definition) is 2. The van der Waals surface area contributed by atoms with Gasteiger partial charge in [-0.1, -0.05) is 42.8 Å². The molecule has 0 aromatic heterocycles. The molecule has 152 valence electrons. The molecule has 1 amide bonds. The van der Waals surface area contributed by atoms with E-state index >= 15 is 0 Å². The smallest absolute Gasteiger partial charge is 0.245 e. The molecule has 0 aliphatic carbocycles. The van der Waals surface area contributed by atoms with E-state index in [-0.39, 0.29) is 23.2 Å². The van der Waals surface area contributed by atoms with E-state index in [0.717, 1.165) is 19.3 Å². The number of carbonyl (C=O) groups excluding carboxylic acids is 1. The number of hydrogen-bond acceptors (Lipinski definition) is 4. The Labute approximate surface area is 172 Å². The minimum atomic E-state index is -3.57. The highest BCUT2D eigenvalue weighted by molar-refractivity contribution is 7.89. The van der Waals surface area contributed by atoms with Gasteiger partial charge in [-0.15, -0.1) is 12.4 Å². The molecule has 0 spiro atoms. The second-order valence-corrected chi connectivity index (χ2v) is 8.73. The van der Waals surface area contributed by atoms with Gasteiger partial charge in [-0.05, 0) is 43.0 Å². The maximum absolute atomic E-state index is 13.0. The van der Waals surface area contributed by atoms with Gasteiger partial charge in [0.1, 0.15) is 6.04 Å². The van der Waals surface area contributed by atoms with E-state index in [1.54, 1.807) is 31.2 Å². The number of amides is 1. The first-order chi connectivity index (χ1) is 12.9.